The highest BCUT2D eigenvalue weighted by molar-refractivity contribution is 5.94. The molecule has 0 saturated carbocycles. The predicted molar refractivity (Wildman–Crippen MR) is 113 cm³/mol. The average molecular weight is 388 g/mol. The van der Waals surface area contributed by atoms with Gasteiger partial charge in [-0.25, -0.2) is 15.0 Å². The largest absolute Gasteiger partial charge is 0.355 e. The van der Waals surface area contributed by atoms with Gasteiger partial charge in [-0.3, -0.25) is 4.79 Å². The van der Waals surface area contributed by atoms with E-state index in [-0.39, 0.29) is 5.91 Å². The van der Waals surface area contributed by atoms with E-state index in [1.165, 1.54) is 5.56 Å². The van der Waals surface area contributed by atoms with Crippen LogP contribution in [0.15, 0.2) is 67.1 Å². The molecule has 1 fully saturated rings. The molecule has 0 aliphatic carbocycles. The van der Waals surface area contributed by atoms with Gasteiger partial charge in [0.25, 0.3) is 5.91 Å². The van der Waals surface area contributed by atoms with Crippen molar-refractivity contribution in [1.82, 2.24) is 19.9 Å². The molecule has 3 aromatic rings. The predicted octanol–water partition coefficient (Wildman–Crippen LogP) is 2.47. The van der Waals surface area contributed by atoms with Crippen LogP contribution in [0.5, 0.6) is 0 Å². The molecule has 1 aliphatic heterocycles. The highest BCUT2D eigenvalue weighted by Crippen LogP contribution is 2.16. The van der Waals surface area contributed by atoms with Gasteiger partial charge < -0.3 is 14.7 Å². The number of piperazine rings is 1. The Morgan fingerprint density at radius 1 is 0.931 bits per heavy atom. The molecule has 1 aliphatic rings. The Morgan fingerprint density at radius 3 is 2.31 bits per heavy atom. The number of carbonyl (C=O) groups is 1. The maximum absolute atomic E-state index is 12.8. The van der Waals surface area contributed by atoms with Crippen molar-refractivity contribution in [1.29, 1.82) is 0 Å². The summed E-state index contributed by atoms with van der Waals surface area (Å²) in [5, 5.41) is 0. The molecule has 3 heterocycles. The fourth-order valence-corrected chi connectivity index (χ4v) is 3.42. The van der Waals surface area contributed by atoms with Crippen molar-refractivity contribution < 1.29 is 4.79 Å². The van der Waals surface area contributed by atoms with Crippen molar-refractivity contribution >= 4 is 17.7 Å². The number of benzene rings is 1. The van der Waals surface area contributed by atoms with Crippen molar-refractivity contribution in [2.45, 2.75) is 6.54 Å². The third kappa shape index (κ3) is 4.51. The summed E-state index contributed by atoms with van der Waals surface area (Å²) in [6.07, 6.45) is 5.15. The first-order valence-corrected chi connectivity index (χ1v) is 9.73. The zero-order chi connectivity index (χ0) is 20.1. The zero-order valence-electron chi connectivity index (χ0n) is 16.5. The summed E-state index contributed by atoms with van der Waals surface area (Å²) >= 11 is 0. The molecule has 7 nitrogen and oxygen atoms in total. The zero-order valence-corrected chi connectivity index (χ0v) is 16.5. The van der Waals surface area contributed by atoms with Gasteiger partial charge in [0.2, 0.25) is 5.95 Å². The van der Waals surface area contributed by atoms with Gasteiger partial charge in [-0.15, -0.1) is 0 Å². The van der Waals surface area contributed by atoms with Gasteiger partial charge in [-0.2, -0.15) is 0 Å². The Balaban J connectivity index is 1.35. The molecule has 2 aromatic heterocycles. The number of anilines is 2. The Kier molecular flexibility index (Phi) is 5.65. The van der Waals surface area contributed by atoms with Gasteiger partial charge in [-0.1, -0.05) is 30.3 Å². The fraction of sp³-hybridized carbons (Fsp3) is 0.273. The molecule has 0 N–H and O–H groups in total. The molecule has 1 aromatic carbocycles. The van der Waals surface area contributed by atoms with Gasteiger partial charge in [0.1, 0.15) is 5.82 Å². The van der Waals surface area contributed by atoms with Gasteiger partial charge in [0, 0.05) is 58.4 Å². The molecule has 4 rings (SSSR count). The quantitative estimate of drug-likeness (QED) is 0.669. The number of pyridine rings is 1. The molecule has 0 atom stereocenters. The molecule has 0 radical (unpaired) electrons. The van der Waals surface area contributed by atoms with Crippen LogP contribution >= 0.6 is 0 Å². The number of amides is 1. The molecule has 148 valence electrons. The standard InChI is InChI=1S/C22H24N6O/c1-26(17-18-6-3-2-4-7-18)20-9-8-19(16-25-20)21(29)27-12-14-28(15-13-27)22-23-10-5-11-24-22/h2-11,16H,12-15,17H2,1H3. The second-order valence-electron chi connectivity index (χ2n) is 7.07. The molecule has 7 heteroatoms. The summed E-state index contributed by atoms with van der Waals surface area (Å²) in [5.41, 5.74) is 1.84. The molecule has 1 amide bonds. The van der Waals surface area contributed by atoms with Gasteiger partial charge >= 0.3 is 0 Å². The van der Waals surface area contributed by atoms with Crippen LogP contribution in [0.4, 0.5) is 11.8 Å². The number of hydrogen-bond acceptors (Lipinski definition) is 6. The number of rotatable bonds is 5. The maximum atomic E-state index is 12.8. The van der Waals surface area contributed by atoms with E-state index in [1.807, 2.05) is 42.3 Å². The van der Waals surface area contributed by atoms with Crippen molar-refractivity contribution in [3.8, 4) is 0 Å². The Bertz CT molecular complexity index is 925. The molecule has 0 bridgehead atoms. The lowest BCUT2D eigenvalue weighted by molar-refractivity contribution is 0.0746. The van der Waals surface area contributed by atoms with Crippen LogP contribution in [0, 0.1) is 0 Å². The second-order valence-corrected chi connectivity index (χ2v) is 7.07. The number of hydrogen-bond donors (Lipinski definition) is 0. The summed E-state index contributed by atoms with van der Waals surface area (Å²) < 4.78 is 0. The van der Waals surface area contributed by atoms with Gasteiger partial charge in [0.15, 0.2) is 0 Å². The van der Waals surface area contributed by atoms with Crippen LogP contribution in [0.25, 0.3) is 0 Å². The van der Waals surface area contributed by atoms with E-state index in [0.29, 0.717) is 24.6 Å². The van der Waals surface area contributed by atoms with Crippen molar-refractivity contribution in [2.75, 3.05) is 43.0 Å². The number of nitrogens with zero attached hydrogens (tertiary/aromatic N) is 6. The van der Waals surface area contributed by atoms with E-state index in [0.717, 1.165) is 25.5 Å². The van der Waals surface area contributed by atoms with E-state index in [9.17, 15) is 4.79 Å². The Morgan fingerprint density at radius 2 is 1.66 bits per heavy atom. The number of carbonyl (C=O) groups excluding carboxylic acids is 1. The van der Waals surface area contributed by atoms with Crippen LogP contribution in [0.2, 0.25) is 0 Å². The lowest BCUT2D eigenvalue weighted by Gasteiger charge is -2.34. The summed E-state index contributed by atoms with van der Waals surface area (Å²) in [6.45, 7) is 3.51. The van der Waals surface area contributed by atoms with Gasteiger partial charge in [0.05, 0.1) is 5.56 Å². The van der Waals surface area contributed by atoms with Crippen LogP contribution in [0.1, 0.15) is 15.9 Å². The van der Waals surface area contributed by atoms with Crippen molar-refractivity contribution in [2.24, 2.45) is 0 Å². The Hall–Kier alpha value is -3.48. The van der Waals surface area contributed by atoms with E-state index in [2.05, 4.69) is 36.9 Å². The SMILES string of the molecule is CN(Cc1ccccc1)c1ccc(C(=O)N2CCN(c3ncccn3)CC2)cn1. The first-order valence-electron chi connectivity index (χ1n) is 9.73. The van der Waals surface area contributed by atoms with Crippen LogP contribution in [0.3, 0.4) is 0 Å². The van der Waals surface area contributed by atoms with E-state index in [1.54, 1.807) is 24.7 Å². The van der Waals surface area contributed by atoms with E-state index >= 15 is 0 Å². The summed E-state index contributed by atoms with van der Waals surface area (Å²) in [4.78, 5) is 31.9. The fourth-order valence-electron chi connectivity index (χ4n) is 3.42. The molecule has 29 heavy (non-hydrogen) atoms. The normalized spacial score (nSPS) is 14.0. The first-order chi connectivity index (χ1) is 14.2. The van der Waals surface area contributed by atoms with Crippen molar-refractivity contribution in [3.63, 3.8) is 0 Å². The summed E-state index contributed by atoms with van der Waals surface area (Å²) in [6, 6.07) is 15.8. The lowest BCUT2D eigenvalue weighted by atomic mass is 10.2. The van der Waals surface area contributed by atoms with Gasteiger partial charge in [-0.05, 0) is 23.8 Å². The maximum Gasteiger partial charge on any atom is 0.255 e. The highest BCUT2D eigenvalue weighted by Gasteiger charge is 2.23. The van der Waals surface area contributed by atoms with Crippen LogP contribution in [-0.4, -0.2) is 59.0 Å². The average Bonchev–Trinajstić information content (AvgIpc) is 2.80. The van der Waals surface area contributed by atoms with Crippen molar-refractivity contribution in [3.05, 3.63) is 78.2 Å². The van der Waals surface area contributed by atoms with E-state index < -0.39 is 0 Å². The highest BCUT2D eigenvalue weighted by atomic mass is 16.2. The van der Waals surface area contributed by atoms with Crippen LogP contribution < -0.4 is 9.80 Å². The summed E-state index contributed by atoms with van der Waals surface area (Å²) in [7, 11) is 2.00. The smallest absolute Gasteiger partial charge is 0.255 e. The summed E-state index contributed by atoms with van der Waals surface area (Å²) in [5.74, 6) is 1.58. The Labute approximate surface area is 170 Å². The topological polar surface area (TPSA) is 65.5 Å². The van der Waals surface area contributed by atoms with E-state index in [4.69, 9.17) is 0 Å². The molecule has 0 unspecified atom stereocenters. The minimum atomic E-state index is 0.0170. The van der Waals surface area contributed by atoms with Crippen LogP contribution in [-0.2, 0) is 6.54 Å². The minimum absolute atomic E-state index is 0.0170. The minimum Gasteiger partial charge on any atom is -0.355 e. The monoisotopic (exact) mass is 388 g/mol. The lowest BCUT2D eigenvalue weighted by Crippen LogP contribution is -2.49. The third-order valence-electron chi connectivity index (χ3n) is 5.05. The second kappa shape index (κ2) is 8.68. The molecular weight excluding hydrogens is 364 g/mol. The first kappa shape index (κ1) is 18.9. The molecule has 0 spiro atoms. The molecule has 1 saturated heterocycles. The third-order valence-corrected chi connectivity index (χ3v) is 5.05. The number of aromatic nitrogens is 3. The molecular formula is C22H24N6O.